The minimum atomic E-state index is 0. The number of benzene rings is 2. The van der Waals surface area contributed by atoms with Crippen LogP contribution in [-0.2, 0) is 16.8 Å². The summed E-state index contributed by atoms with van der Waals surface area (Å²) in [7, 11) is 0. The smallest absolute Gasteiger partial charge is 1.00 e. The topological polar surface area (TPSA) is 37.6 Å². The number of pyridine rings is 1. The maximum atomic E-state index is 6.48. The molecule has 0 amide bonds. The van der Waals surface area contributed by atoms with Crippen LogP contribution < -0.4 is 37.2 Å². The van der Waals surface area contributed by atoms with E-state index in [4.69, 9.17) is 26.6 Å². The number of nitrogens with zero attached hydrogens (tertiary/aromatic N) is 3. The molecule has 2 aromatic carbocycles. The molecule has 1 heterocycles. The molecule has 0 bridgehead atoms. The molecule has 0 aliphatic rings. The average molecular weight is 653 g/mol. The molecule has 0 atom stereocenters. The van der Waals surface area contributed by atoms with Crippen LogP contribution in [0.4, 0.5) is 11.4 Å². The molecule has 0 spiro atoms. The molecule has 0 saturated carbocycles. The van der Waals surface area contributed by atoms with Gasteiger partial charge in [-0.1, -0.05) is 103 Å². The van der Waals surface area contributed by atoms with Gasteiger partial charge in [-0.3, -0.25) is 9.98 Å². The molecule has 0 aliphatic carbocycles. The molecule has 0 fully saturated rings. The molecule has 214 valence electrons. The summed E-state index contributed by atoms with van der Waals surface area (Å²) < 4.78 is 0. The second kappa shape index (κ2) is 18.1. The van der Waals surface area contributed by atoms with Crippen LogP contribution >= 0.6 is 11.6 Å². The summed E-state index contributed by atoms with van der Waals surface area (Å²) in [6.07, 6.45) is 3.63. The molecule has 0 unspecified atom stereocenters. The van der Waals surface area contributed by atoms with Crippen LogP contribution in [-0.4, -0.2) is 17.4 Å². The number of hydrogen-bond acceptors (Lipinski definition) is 3. The van der Waals surface area contributed by atoms with E-state index in [0.717, 1.165) is 11.4 Å². The van der Waals surface area contributed by atoms with E-state index in [-0.39, 0.29) is 54.0 Å². The summed E-state index contributed by atoms with van der Waals surface area (Å²) in [6.45, 7) is 17.6. The summed E-state index contributed by atoms with van der Waals surface area (Å²) in [4.78, 5) is 14.6. The Bertz CT molecular complexity index is 1090. The van der Waals surface area contributed by atoms with Gasteiger partial charge in [0.15, 0.2) is 0 Å². The van der Waals surface area contributed by atoms with Gasteiger partial charge in [0, 0.05) is 5.02 Å². The molecule has 8 heteroatoms. The van der Waals surface area contributed by atoms with Gasteiger partial charge in [-0.15, -0.1) is 0 Å². The predicted molar refractivity (Wildman–Crippen MR) is 153 cm³/mol. The van der Waals surface area contributed by atoms with Crippen molar-refractivity contribution in [3.8, 4) is 0 Å². The largest absolute Gasteiger partial charge is 3.00 e. The van der Waals surface area contributed by atoms with E-state index in [0.29, 0.717) is 40.1 Å². The molecule has 3 aromatic rings. The number of hydrogen-bond donors (Lipinski definition) is 0. The summed E-state index contributed by atoms with van der Waals surface area (Å²) in [5.74, 6) is 1.53. The zero-order valence-electron chi connectivity index (χ0n) is 23.8. The second-order valence-corrected chi connectivity index (χ2v) is 10.8. The fraction of sp³-hybridized carbons (Fsp3) is 0.387. The van der Waals surface area contributed by atoms with Gasteiger partial charge in [0.05, 0.1) is 35.2 Å². The number of rotatable bonds is 8. The van der Waals surface area contributed by atoms with Gasteiger partial charge in [-0.25, -0.2) is 4.98 Å². The number of halogens is 4. The molecule has 1 aromatic heterocycles. The maximum absolute atomic E-state index is 6.48. The summed E-state index contributed by atoms with van der Waals surface area (Å²) in [5, 5.41) is 0.616. The average Bonchev–Trinajstić information content (AvgIpc) is 2.80. The van der Waals surface area contributed by atoms with Gasteiger partial charge in [0.1, 0.15) is 0 Å². The minimum absolute atomic E-state index is 0. The van der Waals surface area contributed by atoms with Gasteiger partial charge in [-0.05, 0) is 58.1 Å². The Hall–Kier alpha value is -1.40. The standard InChI is InChI=1S/C31H38ClN3.3ClH.Co/c1-19(2)26-11-9-12-27(20(3)4)30(26)33-17-24-15-23(32)16-25(35-24)18-34-31-28(21(5)6)13-10-14-29(31)22(7)8;;;;/h9-22H,1-8H3;3*1H;/q;;;;+3/p-3. The van der Waals surface area contributed by atoms with Crippen LogP contribution in [0.2, 0.25) is 5.02 Å². The fourth-order valence-electron chi connectivity index (χ4n) is 4.25. The Morgan fingerprint density at radius 3 is 1.13 bits per heavy atom. The third-order valence-electron chi connectivity index (χ3n) is 6.17. The van der Waals surface area contributed by atoms with Gasteiger partial charge < -0.3 is 37.2 Å². The monoisotopic (exact) mass is 651 g/mol. The van der Waals surface area contributed by atoms with E-state index in [1.165, 1.54) is 22.3 Å². The normalized spacial score (nSPS) is 11.1. The van der Waals surface area contributed by atoms with Crippen molar-refractivity contribution in [2.24, 2.45) is 9.98 Å². The predicted octanol–water partition coefficient (Wildman–Crippen LogP) is 0.739. The maximum Gasteiger partial charge on any atom is 3.00 e. The van der Waals surface area contributed by atoms with E-state index >= 15 is 0 Å². The van der Waals surface area contributed by atoms with E-state index in [9.17, 15) is 0 Å². The first-order valence-electron chi connectivity index (χ1n) is 12.6. The van der Waals surface area contributed by atoms with Crippen molar-refractivity contribution >= 4 is 35.4 Å². The number of aliphatic imine (C=N–C) groups is 2. The van der Waals surface area contributed by atoms with Crippen molar-refractivity contribution in [1.29, 1.82) is 0 Å². The van der Waals surface area contributed by atoms with Gasteiger partial charge in [0.25, 0.3) is 0 Å². The van der Waals surface area contributed by atoms with Crippen molar-refractivity contribution in [3.05, 3.63) is 87.2 Å². The molecular weight excluding hydrogens is 615 g/mol. The fourth-order valence-corrected chi connectivity index (χ4v) is 4.48. The van der Waals surface area contributed by atoms with Crippen LogP contribution in [0.3, 0.4) is 0 Å². The molecule has 0 saturated heterocycles. The Kier molecular flexibility index (Phi) is 18.5. The van der Waals surface area contributed by atoms with E-state index in [1.54, 1.807) is 0 Å². The first-order valence-corrected chi connectivity index (χ1v) is 13.0. The Balaban J connectivity index is 0. The van der Waals surface area contributed by atoms with Crippen LogP contribution in [0, 0.1) is 0 Å². The summed E-state index contributed by atoms with van der Waals surface area (Å²) >= 11 is 6.48. The number of para-hydroxylation sites is 2. The van der Waals surface area contributed by atoms with Crippen LogP contribution in [0.15, 0.2) is 58.5 Å². The summed E-state index contributed by atoms with van der Waals surface area (Å²) in [5.41, 5.74) is 8.45. The molecule has 3 rings (SSSR count). The van der Waals surface area contributed by atoms with Crippen molar-refractivity contribution < 1.29 is 54.0 Å². The second-order valence-electron chi connectivity index (χ2n) is 10.3. The minimum Gasteiger partial charge on any atom is -1.00 e. The zero-order chi connectivity index (χ0) is 25.7. The van der Waals surface area contributed by atoms with E-state index < -0.39 is 0 Å². The molecule has 0 aliphatic heterocycles. The van der Waals surface area contributed by atoms with Crippen LogP contribution in [0.1, 0.15) is 113 Å². The Morgan fingerprint density at radius 1 is 0.590 bits per heavy atom. The molecule has 3 nitrogen and oxygen atoms in total. The SMILES string of the molecule is CC(C)c1cccc(C(C)C)c1N=Cc1cc(Cl)cc(C=Nc2c(C(C)C)cccc2C(C)C)n1.[Cl-].[Cl-].[Cl-].[Co+3]. The zero-order valence-corrected chi connectivity index (χ0v) is 27.8. The van der Waals surface area contributed by atoms with Gasteiger partial charge >= 0.3 is 16.8 Å². The Labute approximate surface area is 269 Å². The van der Waals surface area contributed by atoms with Gasteiger partial charge in [-0.2, -0.15) is 0 Å². The van der Waals surface area contributed by atoms with Crippen LogP contribution in [0.5, 0.6) is 0 Å². The first-order chi connectivity index (χ1) is 16.6. The van der Waals surface area contributed by atoms with Crippen molar-refractivity contribution in [1.82, 2.24) is 4.98 Å². The molecule has 0 radical (unpaired) electrons. The number of aromatic nitrogens is 1. The molecule has 0 N–H and O–H groups in total. The molecule has 39 heavy (non-hydrogen) atoms. The molecular formula is C31H38Cl4CoN3. The van der Waals surface area contributed by atoms with E-state index in [2.05, 4.69) is 91.8 Å². The van der Waals surface area contributed by atoms with E-state index in [1.807, 2.05) is 24.6 Å². The van der Waals surface area contributed by atoms with Crippen LogP contribution in [0.25, 0.3) is 0 Å². The van der Waals surface area contributed by atoms with Crippen molar-refractivity contribution in [3.63, 3.8) is 0 Å². The van der Waals surface area contributed by atoms with Gasteiger partial charge in [0.2, 0.25) is 0 Å². The Morgan fingerprint density at radius 2 is 0.872 bits per heavy atom. The third kappa shape index (κ3) is 10.5. The van der Waals surface area contributed by atoms with Crippen molar-refractivity contribution in [2.45, 2.75) is 79.1 Å². The first kappa shape index (κ1) is 39.7. The summed E-state index contributed by atoms with van der Waals surface area (Å²) in [6, 6.07) is 16.6. The quantitative estimate of drug-likeness (QED) is 0.331. The third-order valence-corrected chi connectivity index (χ3v) is 6.38. The van der Waals surface area contributed by atoms with Crippen molar-refractivity contribution in [2.75, 3.05) is 0 Å².